The van der Waals surface area contributed by atoms with E-state index in [0.717, 1.165) is 24.8 Å². The monoisotopic (exact) mass is 345 g/mol. The molecule has 1 aromatic rings. The third-order valence-corrected chi connectivity index (χ3v) is 4.96. The fourth-order valence-corrected chi connectivity index (χ4v) is 3.28. The predicted molar refractivity (Wildman–Crippen MR) is 100 cm³/mol. The Labute approximate surface area is 151 Å². The van der Waals surface area contributed by atoms with Crippen LogP contribution in [-0.2, 0) is 9.59 Å². The summed E-state index contributed by atoms with van der Waals surface area (Å²) in [7, 11) is 0. The molecule has 0 saturated carbocycles. The van der Waals surface area contributed by atoms with Crippen LogP contribution in [0.15, 0.2) is 24.3 Å². The van der Waals surface area contributed by atoms with Crippen molar-refractivity contribution in [3.63, 3.8) is 0 Å². The Kier molecular flexibility index (Phi) is 7.00. The van der Waals surface area contributed by atoms with Crippen LogP contribution < -0.4 is 11.1 Å². The first kappa shape index (κ1) is 19.4. The standard InChI is InChI=1S/C20H31N3O2/c1-4-19(24)23-12-6-5-7-18(23)20(25)22-13-17(21)16-10-8-15(9-11-16)14(2)3/h8-11,14,17-18H,4-7,12-13,21H2,1-3H3,(H,22,25). The lowest BCUT2D eigenvalue weighted by Gasteiger charge is -2.34. The quantitative estimate of drug-likeness (QED) is 0.832. The molecule has 2 atom stereocenters. The molecule has 1 aromatic carbocycles. The van der Waals surface area contributed by atoms with Crippen molar-refractivity contribution >= 4 is 11.8 Å². The van der Waals surface area contributed by atoms with Crippen LogP contribution in [-0.4, -0.2) is 35.8 Å². The first-order valence-corrected chi connectivity index (χ1v) is 9.36. The molecule has 25 heavy (non-hydrogen) atoms. The largest absolute Gasteiger partial charge is 0.352 e. The van der Waals surface area contributed by atoms with E-state index in [0.29, 0.717) is 25.4 Å². The normalized spacial score (nSPS) is 18.9. The van der Waals surface area contributed by atoms with E-state index in [4.69, 9.17) is 5.73 Å². The van der Waals surface area contributed by atoms with Crippen LogP contribution in [0.25, 0.3) is 0 Å². The molecule has 2 rings (SSSR count). The van der Waals surface area contributed by atoms with Crippen molar-refractivity contribution in [1.29, 1.82) is 0 Å². The van der Waals surface area contributed by atoms with Gasteiger partial charge in [0.2, 0.25) is 11.8 Å². The maximum Gasteiger partial charge on any atom is 0.242 e. The Morgan fingerprint density at radius 1 is 1.20 bits per heavy atom. The number of nitrogens with zero attached hydrogens (tertiary/aromatic N) is 1. The number of likely N-dealkylation sites (tertiary alicyclic amines) is 1. The SMILES string of the molecule is CCC(=O)N1CCCCC1C(=O)NCC(N)c1ccc(C(C)C)cc1. The summed E-state index contributed by atoms with van der Waals surface area (Å²) >= 11 is 0. The molecular weight excluding hydrogens is 314 g/mol. The van der Waals surface area contributed by atoms with E-state index in [-0.39, 0.29) is 23.9 Å². The maximum atomic E-state index is 12.5. The molecule has 1 aliphatic heterocycles. The Morgan fingerprint density at radius 3 is 2.44 bits per heavy atom. The van der Waals surface area contributed by atoms with Gasteiger partial charge in [-0.3, -0.25) is 9.59 Å². The Hall–Kier alpha value is -1.88. The minimum absolute atomic E-state index is 0.0495. The van der Waals surface area contributed by atoms with Gasteiger partial charge in [-0.05, 0) is 36.3 Å². The van der Waals surface area contributed by atoms with Gasteiger partial charge in [0.25, 0.3) is 0 Å². The first-order valence-electron chi connectivity index (χ1n) is 9.36. The van der Waals surface area contributed by atoms with Crippen LogP contribution in [0.2, 0.25) is 0 Å². The third kappa shape index (κ3) is 5.05. The lowest BCUT2D eigenvalue weighted by Crippen LogP contribution is -2.52. The Morgan fingerprint density at radius 2 is 1.84 bits per heavy atom. The Balaban J connectivity index is 1.92. The topological polar surface area (TPSA) is 75.4 Å². The molecule has 0 aliphatic carbocycles. The van der Waals surface area contributed by atoms with E-state index in [2.05, 4.69) is 31.3 Å². The number of amides is 2. The van der Waals surface area contributed by atoms with Gasteiger partial charge in [0.1, 0.15) is 6.04 Å². The van der Waals surface area contributed by atoms with Crippen molar-refractivity contribution in [2.75, 3.05) is 13.1 Å². The van der Waals surface area contributed by atoms with Crippen molar-refractivity contribution in [1.82, 2.24) is 10.2 Å². The van der Waals surface area contributed by atoms with Crippen LogP contribution >= 0.6 is 0 Å². The molecule has 0 bridgehead atoms. The first-order chi connectivity index (χ1) is 11.9. The maximum absolute atomic E-state index is 12.5. The summed E-state index contributed by atoms with van der Waals surface area (Å²) in [5.41, 5.74) is 8.51. The molecule has 2 amide bonds. The zero-order valence-corrected chi connectivity index (χ0v) is 15.6. The number of hydrogen-bond donors (Lipinski definition) is 2. The fraction of sp³-hybridized carbons (Fsp3) is 0.600. The van der Waals surface area contributed by atoms with Gasteiger partial charge >= 0.3 is 0 Å². The van der Waals surface area contributed by atoms with Crippen molar-refractivity contribution in [2.24, 2.45) is 5.73 Å². The lowest BCUT2D eigenvalue weighted by molar-refractivity contribution is -0.142. The molecule has 5 nitrogen and oxygen atoms in total. The van der Waals surface area contributed by atoms with E-state index in [1.807, 2.05) is 19.1 Å². The van der Waals surface area contributed by atoms with E-state index in [1.54, 1.807) is 4.90 Å². The number of hydrogen-bond acceptors (Lipinski definition) is 3. The molecule has 0 aromatic heterocycles. The number of nitrogens with two attached hydrogens (primary N) is 1. The number of benzene rings is 1. The average molecular weight is 345 g/mol. The highest BCUT2D eigenvalue weighted by Crippen LogP contribution is 2.19. The van der Waals surface area contributed by atoms with E-state index >= 15 is 0 Å². The lowest BCUT2D eigenvalue weighted by atomic mass is 9.99. The average Bonchev–Trinajstić information content (AvgIpc) is 2.65. The van der Waals surface area contributed by atoms with Crippen LogP contribution in [0.5, 0.6) is 0 Å². The van der Waals surface area contributed by atoms with Gasteiger partial charge in [0, 0.05) is 25.6 Å². The van der Waals surface area contributed by atoms with E-state index in [1.165, 1.54) is 5.56 Å². The second-order valence-electron chi connectivity index (χ2n) is 7.13. The minimum atomic E-state index is -0.350. The molecule has 5 heteroatoms. The molecule has 1 aliphatic rings. The number of nitrogens with one attached hydrogen (secondary N) is 1. The number of piperidine rings is 1. The summed E-state index contributed by atoms with van der Waals surface area (Å²) < 4.78 is 0. The second-order valence-corrected chi connectivity index (χ2v) is 7.13. The van der Waals surface area contributed by atoms with Gasteiger partial charge in [-0.1, -0.05) is 45.0 Å². The molecule has 1 fully saturated rings. The highest BCUT2D eigenvalue weighted by molar-refractivity contribution is 5.87. The Bertz CT molecular complexity index is 583. The van der Waals surface area contributed by atoms with Gasteiger partial charge in [-0.25, -0.2) is 0 Å². The van der Waals surface area contributed by atoms with Gasteiger partial charge in [-0.2, -0.15) is 0 Å². The summed E-state index contributed by atoms with van der Waals surface area (Å²) in [5.74, 6) is 0.447. The molecule has 138 valence electrons. The van der Waals surface area contributed by atoms with Crippen LogP contribution in [0.3, 0.4) is 0 Å². The number of rotatable bonds is 6. The molecule has 2 unspecified atom stereocenters. The molecular formula is C20H31N3O2. The van der Waals surface area contributed by atoms with Crippen LogP contribution in [0.1, 0.15) is 69.5 Å². The summed E-state index contributed by atoms with van der Waals surface area (Å²) in [6, 6.07) is 7.63. The van der Waals surface area contributed by atoms with Crippen LogP contribution in [0.4, 0.5) is 0 Å². The zero-order valence-electron chi connectivity index (χ0n) is 15.6. The minimum Gasteiger partial charge on any atom is -0.352 e. The van der Waals surface area contributed by atoms with Gasteiger partial charge in [0.15, 0.2) is 0 Å². The summed E-state index contributed by atoms with van der Waals surface area (Å²) in [6.07, 6.45) is 3.12. The highest BCUT2D eigenvalue weighted by Gasteiger charge is 2.31. The zero-order chi connectivity index (χ0) is 18.4. The second kappa shape index (κ2) is 8.99. The summed E-state index contributed by atoms with van der Waals surface area (Å²) in [5, 5.41) is 2.94. The third-order valence-electron chi connectivity index (χ3n) is 4.96. The smallest absolute Gasteiger partial charge is 0.242 e. The van der Waals surface area contributed by atoms with Gasteiger partial charge in [0.05, 0.1) is 0 Å². The van der Waals surface area contributed by atoms with E-state index < -0.39 is 0 Å². The predicted octanol–water partition coefficient (Wildman–Crippen LogP) is 2.72. The molecule has 0 spiro atoms. The van der Waals surface area contributed by atoms with E-state index in [9.17, 15) is 9.59 Å². The fourth-order valence-electron chi connectivity index (χ4n) is 3.28. The number of carbonyl (C=O) groups excluding carboxylic acids is 2. The molecule has 1 heterocycles. The van der Waals surface area contributed by atoms with Crippen LogP contribution in [0, 0.1) is 0 Å². The van der Waals surface area contributed by atoms with Crippen molar-refractivity contribution in [2.45, 2.75) is 64.5 Å². The summed E-state index contributed by atoms with van der Waals surface area (Å²) in [6.45, 7) is 7.20. The van der Waals surface area contributed by atoms with Crippen molar-refractivity contribution < 1.29 is 9.59 Å². The molecule has 3 N–H and O–H groups in total. The van der Waals surface area contributed by atoms with Crippen molar-refractivity contribution in [3.05, 3.63) is 35.4 Å². The number of carbonyl (C=O) groups is 2. The summed E-state index contributed by atoms with van der Waals surface area (Å²) in [4.78, 5) is 26.3. The van der Waals surface area contributed by atoms with Gasteiger partial charge < -0.3 is 16.0 Å². The highest BCUT2D eigenvalue weighted by atomic mass is 16.2. The molecule has 0 radical (unpaired) electrons. The van der Waals surface area contributed by atoms with Gasteiger partial charge in [-0.15, -0.1) is 0 Å². The molecule has 1 saturated heterocycles. The van der Waals surface area contributed by atoms with Crippen molar-refractivity contribution in [3.8, 4) is 0 Å².